The van der Waals surface area contributed by atoms with Crippen LogP contribution in [0.2, 0.25) is 20.1 Å². The van der Waals surface area contributed by atoms with E-state index in [2.05, 4.69) is 9.97 Å². The SMILES string of the molecule is O=c1[nH]cnc(Oc2cc(Cl)c(Cl)cc2Cl)c1Cl. The summed E-state index contributed by atoms with van der Waals surface area (Å²) in [6.45, 7) is 0. The summed E-state index contributed by atoms with van der Waals surface area (Å²) in [6.07, 6.45) is 1.16. The van der Waals surface area contributed by atoms with Crippen LogP contribution in [0.15, 0.2) is 23.3 Å². The van der Waals surface area contributed by atoms with E-state index in [-0.39, 0.29) is 26.7 Å². The topological polar surface area (TPSA) is 55.0 Å². The van der Waals surface area contributed by atoms with Crippen molar-refractivity contribution in [1.29, 1.82) is 0 Å². The van der Waals surface area contributed by atoms with Gasteiger partial charge in [-0.3, -0.25) is 4.79 Å². The van der Waals surface area contributed by atoms with Crippen molar-refractivity contribution < 1.29 is 4.74 Å². The third-order valence-electron chi connectivity index (χ3n) is 1.95. The Kier molecular flexibility index (Phi) is 4.02. The minimum atomic E-state index is -0.516. The zero-order chi connectivity index (χ0) is 13.3. The summed E-state index contributed by atoms with van der Waals surface area (Å²) in [5.41, 5.74) is -0.516. The highest BCUT2D eigenvalue weighted by molar-refractivity contribution is 6.43. The zero-order valence-corrected chi connectivity index (χ0v) is 11.5. The van der Waals surface area contributed by atoms with E-state index >= 15 is 0 Å². The van der Waals surface area contributed by atoms with Crippen LogP contribution in [0.25, 0.3) is 0 Å². The van der Waals surface area contributed by atoms with E-state index in [9.17, 15) is 4.79 Å². The van der Waals surface area contributed by atoms with Crippen LogP contribution >= 0.6 is 46.4 Å². The molecule has 0 atom stereocenters. The number of halogens is 4. The first kappa shape index (κ1) is 13.5. The van der Waals surface area contributed by atoms with Crippen LogP contribution in [0.4, 0.5) is 0 Å². The summed E-state index contributed by atoms with van der Waals surface area (Å²) in [6, 6.07) is 2.83. The average Bonchev–Trinajstić information content (AvgIpc) is 2.32. The first-order chi connectivity index (χ1) is 8.49. The van der Waals surface area contributed by atoms with Crippen LogP contribution < -0.4 is 10.3 Å². The molecular formula is C10H4Cl4N2O2. The van der Waals surface area contributed by atoms with Crippen LogP contribution in [-0.2, 0) is 0 Å². The predicted octanol–water partition coefficient (Wildman–Crippen LogP) is 4.18. The minimum absolute atomic E-state index is 0.0688. The summed E-state index contributed by atoms with van der Waals surface area (Å²) in [4.78, 5) is 17.3. The Morgan fingerprint density at radius 2 is 1.72 bits per heavy atom. The van der Waals surface area contributed by atoms with Crippen molar-refractivity contribution in [3.05, 3.63) is 48.9 Å². The largest absolute Gasteiger partial charge is 0.436 e. The van der Waals surface area contributed by atoms with Crippen LogP contribution in [0.3, 0.4) is 0 Å². The molecule has 18 heavy (non-hydrogen) atoms. The molecule has 0 aliphatic carbocycles. The average molecular weight is 326 g/mol. The molecule has 0 spiro atoms. The number of aromatic amines is 1. The molecule has 1 aromatic carbocycles. The number of rotatable bonds is 2. The minimum Gasteiger partial charge on any atom is -0.436 e. The number of aromatic nitrogens is 2. The van der Waals surface area contributed by atoms with Crippen molar-refractivity contribution in [3.8, 4) is 11.6 Å². The van der Waals surface area contributed by atoms with Crippen molar-refractivity contribution in [2.24, 2.45) is 0 Å². The number of hydrogen-bond acceptors (Lipinski definition) is 3. The maximum atomic E-state index is 11.2. The maximum absolute atomic E-state index is 11.2. The van der Waals surface area contributed by atoms with Gasteiger partial charge in [-0.15, -0.1) is 0 Å². The lowest BCUT2D eigenvalue weighted by Crippen LogP contribution is -2.07. The Balaban J connectivity index is 2.43. The quantitative estimate of drug-likeness (QED) is 0.843. The Labute approximate surface area is 121 Å². The van der Waals surface area contributed by atoms with Crippen LogP contribution in [0, 0.1) is 0 Å². The molecule has 0 radical (unpaired) electrons. The fraction of sp³-hybridized carbons (Fsp3) is 0. The lowest BCUT2D eigenvalue weighted by atomic mass is 10.3. The maximum Gasteiger partial charge on any atom is 0.273 e. The van der Waals surface area contributed by atoms with E-state index < -0.39 is 5.56 Å². The summed E-state index contributed by atoms with van der Waals surface area (Å²) >= 11 is 23.3. The second kappa shape index (κ2) is 5.36. The van der Waals surface area contributed by atoms with Gasteiger partial charge in [-0.1, -0.05) is 46.4 Å². The molecule has 8 heteroatoms. The second-order valence-corrected chi connectivity index (χ2v) is 4.75. The van der Waals surface area contributed by atoms with Crippen molar-refractivity contribution in [3.63, 3.8) is 0 Å². The number of hydrogen-bond donors (Lipinski definition) is 1. The second-order valence-electron chi connectivity index (χ2n) is 3.15. The van der Waals surface area contributed by atoms with E-state index in [0.29, 0.717) is 5.02 Å². The highest BCUT2D eigenvalue weighted by Crippen LogP contribution is 2.36. The summed E-state index contributed by atoms with van der Waals surface area (Å²) in [7, 11) is 0. The Morgan fingerprint density at radius 3 is 2.44 bits per heavy atom. The normalized spacial score (nSPS) is 10.4. The highest BCUT2D eigenvalue weighted by Gasteiger charge is 2.12. The van der Waals surface area contributed by atoms with E-state index in [1.54, 1.807) is 0 Å². The molecule has 0 unspecified atom stereocenters. The number of benzene rings is 1. The van der Waals surface area contributed by atoms with Gasteiger partial charge >= 0.3 is 0 Å². The van der Waals surface area contributed by atoms with Gasteiger partial charge in [0, 0.05) is 6.07 Å². The van der Waals surface area contributed by atoms with Crippen molar-refractivity contribution in [2.45, 2.75) is 0 Å². The number of H-pyrrole nitrogens is 1. The molecule has 0 bridgehead atoms. The first-order valence-corrected chi connectivity index (χ1v) is 6.06. The molecular weight excluding hydrogens is 322 g/mol. The Morgan fingerprint density at radius 1 is 1.06 bits per heavy atom. The molecule has 1 N–H and O–H groups in total. The summed E-state index contributed by atoms with van der Waals surface area (Å²) in [5.74, 6) is 0.131. The molecule has 0 aliphatic heterocycles. The third-order valence-corrected chi connectivity index (χ3v) is 3.30. The highest BCUT2D eigenvalue weighted by atomic mass is 35.5. The molecule has 1 aromatic heterocycles. The Hall–Kier alpha value is -0.940. The van der Waals surface area contributed by atoms with Gasteiger partial charge in [-0.2, -0.15) is 0 Å². The standard InChI is InChI=1S/C10H4Cl4N2O2/c11-4-1-6(13)7(2-5(4)12)18-10-8(14)9(17)15-3-16-10/h1-3H,(H,15,16,17). The lowest BCUT2D eigenvalue weighted by molar-refractivity contribution is 0.461. The fourth-order valence-electron chi connectivity index (χ4n) is 1.12. The number of nitrogens with one attached hydrogen (secondary N) is 1. The van der Waals surface area contributed by atoms with Crippen LogP contribution in [0.1, 0.15) is 0 Å². The van der Waals surface area contributed by atoms with E-state index in [1.165, 1.54) is 12.1 Å². The number of ether oxygens (including phenoxy) is 1. The van der Waals surface area contributed by atoms with Gasteiger partial charge in [-0.05, 0) is 6.07 Å². The van der Waals surface area contributed by atoms with Gasteiger partial charge in [0.15, 0.2) is 5.02 Å². The molecule has 94 valence electrons. The predicted molar refractivity (Wildman–Crippen MR) is 71.4 cm³/mol. The smallest absolute Gasteiger partial charge is 0.273 e. The van der Waals surface area contributed by atoms with Crippen molar-refractivity contribution in [2.75, 3.05) is 0 Å². The van der Waals surface area contributed by atoms with Gasteiger partial charge in [0.05, 0.1) is 21.4 Å². The summed E-state index contributed by atoms with van der Waals surface area (Å²) < 4.78 is 5.32. The van der Waals surface area contributed by atoms with E-state index in [4.69, 9.17) is 51.1 Å². The molecule has 4 nitrogen and oxygen atoms in total. The first-order valence-electron chi connectivity index (χ1n) is 4.54. The van der Waals surface area contributed by atoms with Gasteiger partial charge in [0.25, 0.3) is 5.56 Å². The van der Waals surface area contributed by atoms with Gasteiger partial charge in [0.1, 0.15) is 5.75 Å². The Bertz CT molecular complexity index is 657. The summed E-state index contributed by atoms with van der Waals surface area (Å²) in [5, 5.41) is 0.596. The molecule has 0 amide bonds. The lowest BCUT2D eigenvalue weighted by Gasteiger charge is -2.08. The van der Waals surface area contributed by atoms with Crippen molar-refractivity contribution >= 4 is 46.4 Å². The van der Waals surface area contributed by atoms with Crippen LogP contribution in [-0.4, -0.2) is 9.97 Å². The van der Waals surface area contributed by atoms with E-state index in [0.717, 1.165) is 6.33 Å². The van der Waals surface area contributed by atoms with Gasteiger partial charge < -0.3 is 9.72 Å². The van der Waals surface area contributed by atoms with E-state index in [1.807, 2.05) is 0 Å². The molecule has 0 fully saturated rings. The fourth-order valence-corrected chi connectivity index (χ4v) is 1.84. The molecule has 0 saturated heterocycles. The molecule has 0 saturated carbocycles. The molecule has 2 aromatic rings. The van der Waals surface area contributed by atoms with Crippen LogP contribution in [0.5, 0.6) is 11.6 Å². The molecule has 1 heterocycles. The molecule has 2 rings (SSSR count). The zero-order valence-electron chi connectivity index (χ0n) is 8.51. The monoisotopic (exact) mass is 324 g/mol. The van der Waals surface area contributed by atoms with Crippen molar-refractivity contribution in [1.82, 2.24) is 9.97 Å². The third kappa shape index (κ3) is 2.72. The van der Waals surface area contributed by atoms with Gasteiger partial charge in [0.2, 0.25) is 5.88 Å². The van der Waals surface area contributed by atoms with Gasteiger partial charge in [-0.25, -0.2) is 4.98 Å². The molecule has 0 aliphatic rings. The number of nitrogens with zero attached hydrogens (tertiary/aromatic N) is 1.